The van der Waals surface area contributed by atoms with Crippen LogP contribution in [0.1, 0.15) is 36.0 Å². The molecule has 1 aliphatic rings. The maximum absolute atomic E-state index is 12.4. The van der Waals surface area contributed by atoms with Crippen molar-refractivity contribution in [3.63, 3.8) is 0 Å². The molecule has 25 heavy (non-hydrogen) atoms. The second kappa shape index (κ2) is 8.12. The molecule has 0 radical (unpaired) electrons. The molecule has 3 rings (SSSR count). The van der Waals surface area contributed by atoms with E-state index in [2.05, 4.69) is 15.6 Å². The first-order valence-electron chi connectivity index (χ1n) is 8.40. The average Bonchev–Trinajstić information content (AvgIpc) is 2.63. The Morgan fingerprint density at radius 1 is 1.12 bits per heavy atom. The fourth-order valence-electron chi connectivity index (χ4n) is 3.12. The van der Waals surface area contributed by atoms with E-state index in [9.17, 15) is 9.59 Å². The molecular weight excluding hydrogens is 338 g/mol. The van der Waals surface area contributed by atoms with Gasteiger partial charge in [0.25, 0.3) is 5.91 Å². The standard InChI is InChI=1S/C19H20ClN3O2/c20-15-7-3-5-13(11-15)18(24)22-16-8-4-6-14(12-16)19(25)23-17-9-1-2-10-21-17/h1-3,5,7,9-11,14,16H,4,6,8,12H2,(H,22,24)(H,21,23,25)/t14-,16-/m0/s1. The fraction of sp³-hybridized carbons (Fsp3) is 0.316. The summed E-state index contributed by atoms with van der Waals surface area (Å²) in [5.41, 5.74) is 0.535. The fourth-order valence-corrected chi connectivity index (χ4v) is 3.31. The van der Waals surface area contributed by atoms with E-state index < -0.39 is 0 Å². The second-order valence-corrected chi connectivity index (χ2v) is 6.68. The molecule has 5 nitrogen and oxygen atoms in total. The van der Waals surface area contributed by atoms with Crippen LogP contribution in [0, 0.1) is 5.92 Å². The third kappa shape index (κ3) is 4.79. The minimum Gasteiger partial charge on any atom is -0.349 e. The first-order valence-corrected chi connectivity index (χ1v) is 8.78. The molecule has 0 unspecified atom stereocenters. The number of anilines is 1. The maximum Gasteiger partial charge on any atom is 0.251 e. The Bertz CT molecular complexity index is 751. The van der Waals surface area contributed by atoms with Crippen LogP contribution in [0.25, 0.3) is 0 Å². The predicted molar refractivity (Wildman–Crippen MR) is 97.5 cm³/mol. The Hall–Kier alpha value is -2.40. The summed E-state index contributed by atoms with van der Waals surface area (Å²) in [6.45, 7) is 0. The van der Waals surface area contributed by atoms with E-state index in [0.717, 1.165) is 19.3 Å². The smallest absolute Gasteiger partial charge is 0.251 e. The third-order valence-corrected chi connectivity index (χ3v) is 4.62. The van der Waals surface area contributed by atoms with Crippen molar-refractivity contribution in [2.45, 2.75) is 31.7 Å². The highest BCUT2D eigenvalue weighted by Gasteiger charge is 2.28. The first kappa shape index (κ1) is 17.4. The number of benzene rings is 1. The molecule has 2 atom stereocenters. The lowest BCUT2D eigenvalue weighted by atomic mass is 9.85. The molecule has 130 valence electrons. The quantitative estimate of drug-likeness (QED) is 0.877. The van der Waals surface area contributed by atoms with Gasteiger partial charge in [-0.25, -0.2) is 4.98 Å². The number of nitrogens with zero attached hydrogens (tertiary/aromatic N) is 1. The SMILES string of the molecule is O=C(N[C@H]1CCC[C@H](C(=O)Nc2ccccn2)C1)c1cccc(Cl)c1. The molecule has 0 aliphatic heterocycles. The van der Waals surface area contributed by atoms with Crippen LogP contribution in [0.4, 0.5) is 5.82 Å². The Morgan fingerprint density at radius 3 is 2.76 bits per heavy atom. The number of rotatable bonds is 4. The van der Waals surface area contributed by atoms with Crippen LogP contribution in [0.5, 0.6) is 0 Å². The van der Waals surface area contributed by atoms with Gasteiger partial charge in [0.15, 0.2) is 0 Å². The van der Waals surface area contributed by atoms with Crippen molar-refractivity contribution in [1.82, 2.24) is 10.3 Å². The average molecular weight is 358 g/mol. The van der Waals surface area contributed by atoms with E-state index in [1.165, 1.54) is 0 Å². The van der Waals surface area contributed by atoms with Crippen LogP contribution in [0.2, 0.25) is 5.02 Å². The maximum atomic E-state index is 12.4. The molecule has 2 amide bonds. The normalized spacial score (nSPS) is 19.9. The van der Waals surface area contributed by atoms with Crippen molar-refractivity contribution in [2.75, 3.05) is 5.32 Å². The van der Waals surface area contributed by atoms with Crippen molar-refractivity contribution in [1.29, 1.82) is 0 Å². The molecule has 1 aromatic heterocycles. The summed E-state index contributed by atoms with van der Waals surface area (Å²) in [7, 11) is 0. The molecule has 1 aromatic carbocycles. The van der Waals surface area contributed by atoms with E-state index in [1.807, 2.05) is 6.07 Å². The lowest BCUT2D eigenvalue weighted by Gasteiger charge is -2.29. The number of hydrogen-bond acceptors (Lipinski definition) is 3. The van der Waals surface area contributed by atoms with E-state index in [0.29, 0.717) is 22.8 Å². The number of carbonyl (C=O) groups is 2. The molecule has 1 saturated carbocycles. The molecule has 0 spiro atoms. The summed E-state index contributed by atoms with van der Waals surface area (Å²) in [6, 6.07) is 12.2. The van der Waals surface area contributed by atoms with Crippen molar-refractivity contribution >= 4 is 29.2 Å². The molecule has 6 heteroatoms. The summed E-state index contributed by atoms with van der Waals surface area (Å²) in [6.07, 6.45) is 4.87. The van der Waals surface area contributed by atoms with Gasteiger partial charge in [0.1, 0.15) is 5.82 Å². The van der Waals surface area contributed by atoms with Gasteiger partial charge in [-0.3, -0.25) is 9.59 Å². The van der Waals surface area contributed by atoms with Gasteiger partial charge in [0, 0.05) is 28.7 Å². The number of amides is 2. The Balaban J connectivity index is 1.57. The highest BCUT2D eigenvalue weighted by atomic mass is 35.5. The third-order valence-electron chi connectivity index (χ3n) is 4.38. The second-order valence-electron chi connectivity index (χ2n) is 6.25. The van der Waals surface area contributed by atoms with Gasteiger partial charge >= 0.3 is 0 Å². The van der Waals surface area contributed by atoms with E-state index in [-0.39, 0.29) is 23.8 Å². The lowest BCUT2D eigenvalue weighted by molar-refractivity contribution is -0.121. The molecule has 2 aromatic rings. The predicted octanol–water partition coefficient (Wildman–Crippen LogP) is 3.66. The van der Waals surface area contributed by atoms with E-state index >= 15 is 0 Å². The molecule has 0 saturated heterocycles. The Kier molecular flexibility index (Phi) is 5.66. The van der Waals surface area contributed by atoms with Gasteiger partial charge in [-0.05, 0) is 49.6 Å². The highest BCUT2D eigenvalue weighted by Crippen LogP contribution is 2.26. The highest BCUT2D eigenvalue weighted by molar-refractivity contribution is 6.30. The number of aromatic nitrogens is 1. The monoisotopic (exact) mass is 357 g/mol. The zero-order chi connectivity index (χ0) is 17.6. The van der Waals surface area contributed by atoms with E-state index in [4.69, 9.17) is 11.6 Å². The van der Waals surface area contributed by atoms with Gasteiger partial charge < -0.3 is 10.6 Å². The van der Waals surface area contributed by atoms with Crippen molar-refractivity contribution in [2.24, 2.45) is 5.92 Å². The van der Waals surface area contributed by atoms with Crippen LogP contribution in [0.15, 0.2) is 48.7 Å². The van der Waals surface area contributed by atoms with Crippen LogP contribution < -0.4 is 10.6 Å². The first-order chi connectivity index (χ1) is 12.1. The van der Waals surface area contributed by atoms with Crippen LogP contribution >= 0.6 is 11.6 Å². The molecular formula is C19H20ClN3O2. The number of pyridine rings is 1. The van der Waals surface area contributed by atoms with E-state index in [1.54, 1.807) is 42.6 Å². The minimum absolute atomic E-state index is 0.0142. The largest absolute Gasteiger partial charge is 0.349 e. The van der Waals surface area contributed by atoms with Crippen LogP contribution in [0.3, 0.4) is 0 Å². The summed E-state index contributed by atoms with van der Waals surface area (Å²) >= 11 is 5.93. The van der Waals surface area contributed by atoms with Crippen molar-refractivity contribution in [3.8, 4) is 0 Å². The molecule has 1 fully saturated rings. The van der Waals surface area contributed by atoms with Crippen LogP contribution in [-0.4, -0.2) is 22.8 Å². The van der Waals surface area contributed by atoms with Gasteiger partial charge in [0.2, 0.25) is 5.91 Å². The summed E-state index contributed by atoms with van der Waals surface area (Å²) in [5.74, 6) is 0.233. The molecule has 2 N–H and O–H groups in total. The van der Waals surface area contributed by atoms with Crippen molar-refractivity contribution in [3.05, 3.63) is 59.2 Å². The minimum atomic E-state index is -0.154. The molecule has 1 aliphatic carbocycles. The van der Waals surface area contributed by atoms with Gasteiger partial charge in [0.05, 0.1) is 0 Å². The Labute approximate surface area is 151 Å². The zero-order valence-electron chi connectivity index (χ0n) is 13.7. The van der Waals surface area contributed by atoms with Gasteiger partial charge in [-0.2, -0.15) is 0 Å². The summed E-state index contributed by atoms with van der Waals surface area (Å²) in [5, 5.41) is 6.39. The van der Waals surface area contributed by atoms with Gasteiger partial charge in [-0.15, -0.1) is 0 Å². The number of nitrogens with one attached hydrogen (secondary N) is 2. The van der Waals surface area contributed by atoms with Gasteiger partial charge in [-0.1, -0.05) is 30.2 Å². The zero-order valence-corrected chi connectivity index (χ0v) is 14.5. The molecule has 0 bridgehead atoms. The molecule has 1 heterocycles. The number of carbonyl (C=O) groups excluding carboxylic acids is 2. The lowest BCUT2D eigenvalue weighted by Crippen LogP contribution is -2.41. The number of hydrogen-bond donors (Lipinski definition) is 2. The number of halogens is 1. The Morgan fingerprint density at radius 2 is 2.00 bits per heavy atom. The van der Waals surface area contributed by atoms with Crippen LogP contribution in [-0.2, 0) is 4.79 Å². The topological polar surface area (TPSA) is 71.1 Å². The van der Waals surface area contributed by atoms with Crippen molar-refractivity contribution < 1.29 is 9.59 Å². The summed E-state index contributed by atoms with van der Waals surface area (Å²) in [4.78, 5) is 28.9. The summed E-state index contributed by atoms with van der Waals surface area (Å²) < 4.78 is 0.